The van der Waals surface area contributed by atoms with Gasteiger partial charge in [0, 0.05) is 21.8 Å². The predicted molar refractivity (Wildman–Crippen MR) is 99.6 cm³/mol. The van der Waals surface area contributed by atoms with Crippen LogP contribution in [0.1, 0.15) is 41.4 Å². The number of hydrogen-bond donors (Lipinski definition) is 1. The van der Waals surface area contributed by atoms with Crippen molar-refractivity contribution in [1.82, 2.24) is 9.78 Å². The van der Waals surface area contributed by atoms with Crippen molar-refractivity contribution in [2.24, 2.45) is 0 Å². The smallest absolute Gasteiger partial charge is 0.356 e. The summed E-state index contributed by atoms with van der Waals surface area (Å²) < 4.78 is 1.83. The van der Waals surface area contributed by atoms with Gasteiger partial charge in [0.05, 0.1) is 11.4 Å². The van der Waals surface area contributed by atoms with Crippen LogP contribution in [0.25, 0.3) is 16.9 Å². The number of carboxylic acids is 1. The third-order valence-corrected chi connectivity index (χ3v) is 5.59. The van der Waals surface area contributed by atoms with Gasteiger partial charge in [-0.25, -0.2) is 9.48 Å². The quantitative estimate of drug-likeness (QED) is 0.725. The minimum absolute atomic E-state index is 0.149. The van der Waals surface area contributed by atoms with E-state index < -0.39 is 5.97 Å². The number of benzene rings is 2. The molecule has 0 amide bonds. The number of fused-ring (bicyclic) bond motifs is 3. The van der Waals surface area contributed by atoms with Crippen molar-refractivity contribution in [3.8, 4) is 16.9 Å². The van der Waals surface area contributed by atoms with Crippen LogP contribution in [0.15, 0.2) is 53.4 Å². The molecule has 5 heteroatoms. The van der Waals surface area contributed by atoms with Crippen molar-refractivity contribution in [1.29, 1.82) is 0 Å². The normalized spacial score (nSPS) is 12.8. The summed E-state index contributed by atoms with van der Waals surface area (Å²) in [5, 5.41) is 14.1. The van der Waals surface area contributed by atoms with E-state index in [4.69, 9.17) is 0 Å². The number of rotatable bonds is 3. The molecule has 126 valence electrons. The molecule has 1 N–H and O–H groups in total. The molecule has 0 spiro atoms. The lowest BCUT2D eigenvalue weighted by molar-refractivity contribution is 0.0689. The Hall–Kier alpha value is -2.53. The molecule has 0 saturated heterocycles. The lowest BCUT2D eigenvalue weighted by Gasteiger charge is -2.20. The van der Waals surface area contributed by atoms with Crippen molar-refractivity contribution in [3.63, 3.8) is 0 Å². The van der Waals surface area contributed by atoms with Gasteiger partial charge in [-0.05, 0) is 23.6 Å². The Morgan fingerprint density at radius 1 is 1.16 bits per heavy atom. The van der Waals surface area contributed by atoms with Crippen molar-refractivity contribution in [2.75, 3.05) is 0 Å². The van der Waals surface area contributed by atoms with E-state index in [-0.39, 0.29) is 5.69 Å². The van der Waals surface area contributed by atoms with Crippen molar-refractivity contribution >= 4 is 17.7 Å². The van der Waals surface area contributed by atoms with E-state index in [9.17, 15) is 9.90 Å². The minimum Gasteiger partial charge on any atom is -0.476 e. The van der Waals surface area contributed by atoms with Crippen molar-refractivity contribution in [2.45, 2.75) is 30.4 Å². The Kier molecular flexibility index (Phi) is 3.88. The van der Waals surface area contributed by atoms with Gasteiger partial charge in [0.15, 0.2) is 5.69 Å². The summed E-state index contributed by atoms with van der Waals surface area (Å²) in [5.41, 5.74) is 5.00. The van der Waals surface area contributed by atoms with Gasteiger partial charge in [0.25, 0.3) is 0 Å². The molecule has 4 rings (SSSR count). The molecule has 0 saturated carbocycles. The standard InChI is InChI=1S/C20H18N2O2S/c1-12(2)13-7-3-5-9-16(13)22-19-14-8-4-6-10-17(14)25-11-15(19)18(21-22)20(23)24/h3-10,12H,11H2,1-2H3,(H,23,24). The van der Waals surface area contributed by atoms with Gasteiger partial charge in [0.1, 0.15) is 0 Å². The van der Waals surface area contributed by atoms with E-state index in [0.29, 0.717) is 11.7 Å². The molecule has 0 fully saturated rings. The maximum absolute atomic E-state index is 11.8. The summed E-state index contributed by atoms with van der Waals surface area (Å²) in [7, 11) is 0. The fraction of sp³-hybridized carbons (Fsp3) is 0.200. The van der Waals surface area contributed by atoms with Crippen LogP contribution in [0.2, 0.25) is 0 Å². The minimum atomic E-state index is -0.975. The first kappa shape index (κ1) is 16.0. The van der Waals surface area contributed by atoms with Gasteiger partial charge in [-0.2, -0.15) is 5.10 Å². The van der Waals surface area contributed by atoms with Gasteiger partial charge < -0.3 is 5.11 Å². The van der Waals surface area contributed by atoms with Crippen LogP contribution in [0.5, 0.6) is 0 Å². The highest BCUT2D eigenvalue weighted by Crippen LogP contribution is 2.44. The van der Waals surface area contributed by atoms with Crippen LogP contribution in [0.3, 0.4) is 0 Å². The molecule has 1 aliphatic heterocycles. The van der Waals surface area contributed by atoms with Crippen LogP contribution in [-0.4, -0.2) is 20.9 Å². The monoisotopic (exact) mass is 350 g/mol. The van der Waals surface area contributed by atoms with E-state index in [1.54, 1.807) is 11.8 Å². The van der Waals surface area contributed by atoms with Crippen LogP contribution in [0, 0.1) is 0 Å². The molecule has 0 atom stereocenters. The van der Waals surface area contributed by atoms with Gasteiger partial charge in [-0.3, -0.25) is 0 Å². The second-order valence-corrected chi connectivity index (χ2v) is 7.41. The highest BCUT2D eigenvalue weighted by Gasteiger charge is 2.29. The van der Waals surface area contributed by atoms with E-state index >= 15 is 0 Å². The molecule has 0 aliphatic carbocycles. The van der Waals surface area contributed by atoms with Gasteiger partial charge >= 0.3 is 5.97 Å². The first-order valence-electron chi connectivity index (χ1n) is 8.24. The molecule has 3 aromatic rings. The third-order valence-electron chi connectivity index (χ3n) is 4.49. The zero-order chi connectivity index (χ0) is 17.6. The van der Waals surface area contributed by atoms with Crippen LogP contribution < -0.4 is 0 Å². The summed E-state index contributed by atoms with van der Waals surface area (Å²) in [6.45, 7) is 4.27. The molecular weight excluding hydrogens is 332 g/mol. The molecule has 2 heterocycles. The summed E-state index contributed by atoms with van der Waals surface area (Å²) in [6, 6.07) is 16.2. The lowest BCUT2D eigenvalue weighted by Crippen LogP contribution is -2.06. The fourth-order valence-corrected chi connectivity index (χ4v) is 4.38. The first-order chi connectivity index (χ1) is 12.1. The number of para-hydroxylation sites is 1. The Balaban J connectivity index is 2.05. The van der Waals surface area contributed by atoms with Crippen molar-refractivity contribution in [3.05, 3.63) is 65.4 Å². The maximum atomic E-state index is 11.8. The number of thioether (sulfide) groups is 1. The molecule has 0 unspecified atom stereocenters. The van der Waals surface area contributed by atoms with E-state index in [1.807, 2.05) is 41.1 Å². The highest BCUT2D eigenvalue weighted by atomic mass is 32.2. The number of aromatic nitrogens is 2. The Bertz CT molecular complexity index is 976. The molecule has 1 aliphatic rings. The van der Waals surface area contributed by atoms with Gasteiger partial charge in [0.2, 0.25) is 0 Å². The molecule has 0 radical (unpaired) electrons. The van der Waals surface area contributed by atoms with E-state index in [1.165, 1.54) is 0 Å². The average molecular weight is 350 g/mol. The zero-order valence-electron chi connectivity index (χ0n) is 14.1. The number of nitrogens with zero attached hydrogens (tertiary/aromatic N) is 2. The molecule has 4 nitrogen and oxygen atoms in total. The fourth-order valence-electron chi connectivity index (χ4n) is 3.32. The molecule has 1 aromatic heterocycles. The van der Waals surface area contributed by atoms with Crippen LogP contribution in [-0.2, 0) is 5.75 Å². The summed E-state index contributed by atoms with van der Waals surface area (Å²) >= 11 is 1.67. The molecule has 25 heavy (non-hydrogen) atoms. The molecular formula is C20H18N2O2S. The highest BCUT2D eigenvalue weighted by molar-refractivity contribution is 7.98. The van der Waals surface area contributed by atoms with Crippen LogP contribution in [0.4, 0.5) is 0 Å². The second-order valence-electron chi connectivity index (χ2n) is 6.39. The average Bonchev–Trinajstić information content (AvgIpc) is 3.02. The lowest BCUT2D eigenvalue weighted by atomic mass is 10.0. The number of aromatic carboxylic acids is 1. The Morgan fingerprint density at radius 2 is 1.88 bits per heavy atom. The summed E-state index contributed by atoms with van der Waals surface area (Å²) in [6.07, 6.45) is 0. The van der Waals surface area contributed by atoms with Crippen molar-refractivity contribution < 1.29 is 9.90 Å². The third kappa shape index (κ3) is 2.55. The Morgan fingerprint density at radius 3 is 2.64 bits per heavy atom. The van der Waals surface area contributed by atoms with Gasteiger partial charge in [-0.15, -0.1) is 11.8 Å². The van der Waals surface area contributed by atoms with E-state index in [0.717, 1.165) is 33.0 Å². The number of carboxylic acid groups (broad SMARTS) is 1. The number of hydrogen-bond acceptors (Lipinski definition) is 3. The summed E-state index contributed by atoms with van der Waals surface area (Å²) in [4.78, 5) is 12.9. The SMILES string of the molecule is CC(C)c1ccccc1-n1nc(C(=O)O)c2c1-c1ccccc1SC2. The largest absolute Gasteiger partial charge is 0.476 e. The maximum Gasteiger partial charge on any atom is 0.356 e. The van der Waals surface area contributed by atoms with Crippen LogP contribution >= 0.6 is 11.8 Å². The number of carbonyl (C=O) groups is 1. The van der Waals surface area contributed by atoms with E-state index in [2.05, 4.69) is 31.1 Å². The molecule has 2 aromatic carbocycles. The second kappa shape index (κ2) is 6.08. The first-order valence-corrected chi connectivity index (χ1v) is 9.23. The predicted octanol–water partition coefficient (Wildman–Crippen LogP) is 4.97. The Labute approximate surface area is 150 Å². The summed E-state index contributed by atoms with van der Waals surface area (Å²) in [5.74, 6) is -0.0350. The molecule has 0 bridgehead atoms. The topological polar surface area (TPSA) is 55.1 Å². The van der Waals surface area contributed by atoms with Gasteiger partial charge in [-0.1, -0.05) is 50.2 Å². The zero-order valence-corrected chi connectivity index (χ0v) is 14.9.